The standard InChI is InChI=1S/C14H21N3O2/c1-14(2,3)16-9-12(18)17-11-7-5-10(6-8-11)13(19)15-4/h5-8,16H,9H2,1-4H3,(H,15,19)(H,17,18). The number of rotatable bonds is 4. The van der Waals surface area contributed by atoms with Crippen LogP contribution in [0.5, 0.6) is 0 Å². The largest absolute Gasteiger partial charge is 0.355 e. The summed E-state index contributed by atoms with van der Waals surface area (Å²) in [5.41, 5.74) is 1.14. The third kappa shape index (κ3) is 5.52. The molecule has 0 saturated carbocycles. The van der Waals surface area contributed by atoms with E-state index in [1.54, 1.807) is 31.3 Å². The molecule has 0 atom stereocenters. The molecule has 0 saturated heterocycles. The maximum atomic E-state index is 11.7. The van der Waals surface area contributed by atoms with Crippen LogP contribution in [0.25, 0.3) is 0 Å². The fourth-order valence-electron chi connectivity index (χ4n) is 1.40. The molecule has 0 unspecified atom stereocenters. The number of carbonyl (C=O) groups is 2. The van der Waals surface area contributed by atoms with Gasteiger partial charge >= 0.3 is 0 Å². The van der Waals surface area contributed by atoms with Gasteiger partial charge in [0.25, 0.3) is 5.91 Å². The van der Waals surface area contributed by atoms with Gasteiger partial charge in [-0.15, -0.1) is 0 Å². The van der Waals surface area contributed by atoms with E-state index in [1.807, 2.05) is 20.8 Å². The van der Waals surface area contributed by atoms with Crippen molar-refractivity contribution >= 4 is 17.5 Å². The van der Waals surface area contributed by atoms with Gasteiger partial charge < -0.3 is 16.0 Å². The Morgan fingerprint density at radius 3 is 2.16 bits per heavy atom. The second-order valence-electron chi connectivity index (χ2n) is 5.31. The maximum Gasteiger partial charge on any atom is 0.251 e. The van der Waals surface area contributed by atoms with Gasteiger partial charge in [0.2, 0.25) is 5.91 Å². The van der Waals surface area contributed by atoms with Crippen LogP contribution in [0, 0.1) is 0 Å². The van der Waals surface area contributed by atoms with E-state index in [0.29, 0.717) is 11.3 Å². The number of benzene rings is 1. The van der Waals surface area contributed by atoms with Crippen molar-refractivity contribution in [3.8, 4) is 0 Å². The summed E-state index contributed by atoms with van der Waals surface area (Å²) >= 11 is 0. The number of hydrogen-bond acceptors (Lipinski definition) is 3. The summed E-state index contributed by atoms with van der Waals surface area (Å²) in [4.78, 5) is 23.0. The molecule has 1 rings (SSSR count). The predicted octanol–water partition coefficient (Wildman–Crippen LogP) is 1.37. The average Bonchev–Trinajstić information content (AvgIpc) is 2.35. The molecule has 1 aromatic rings. The number of amides is 2. The molecule has 5 heteroatoms. The zero-order valence-electron chi connectivity index (χ0n) is 11.8. The van der Waals surface area contributed by atoms with E-state index in [-0.39, 0.29) is 23.9 Å². The quantitative estimate of drug-likeness (QED) is 0.768. The first-order valence-corrected chi connectivity index (χ1v) is 6.19. The van der Waals surface area contributed by atoms with Crippen LogP contribution in [-0.4, -0.2) is 30.9 Å². The molecule has 0 aliphatic heterocycles. The maximum absolute atomic E-state index is 11.7. The third-order valence-electron chi connectivity index (χ3n) is 2.44. The summed E-state index contributed by atoms with van der Waals surface area (Å²) in [7, 11) is 1.58. The molecule has 0 radical (unpaired) electrons. The molecule has 2 amide bonds. The second-order valence-corrected chi connectivity index (χ2v) is 5.31. The summed E-state index contributed by atoms with van der Waals surface area (Å²) in [6.07, 6.45) is 0. The lowest BCUT2D eigenvalue weighted by Gasteiger charge is -2.20. The van der Waals surface area contributed by atoms with E-state index < -0.39 is 0 Å². The van der Waals surface area contributed by atoms with Crippen LogP contribution in [0.3, 0.4) is 0 Å². The molecular weight excluding hydrogens is 242 g/mol. The van der Waals surface area contributed by atoms with Gasteiger partial charge in [-0.05, 0) is 45.0 Å². The molecule has 0 heterocycles. The van der Waals surface area contributed by atoms with Gasteiger partial charge in [-0.2, -0.15) is 0 Å². The zero-order chi connectivity index (χ0) is 14.5. The molecule has 0 aromatic heterocycles. The monoisotopic (exact) mass is 263 g/mol. The van der Waals surface area contributed by atoms with Crippen molar-refractivity contribution in [2.24, 2.45) is 0 Å². The minimum Gasteiger partial charge on any atom is -0.355 e. The van der Waals surface area contributed by atoms with Crippen molar-refractivity contribution < 1.29 is 9.59 Å². The molecule has 0 fully saturated rings. The van der Waals surface area contributed by atoms with Crippen molar-refractivity contribution in [3.63, 3.8) is 0 Å². The van der Waals surface area contributed by atoms with Gasteiger partial charge in [-0.3, -0.25) is 9.59 Å². The molecule has 19 heavy (non-hydrogen) atoms. The molecule has 0 aliphatic rings. The lowest BCUT2D eigenvalue weighted by Crippen LogP contribution is -2.41. The van der Waals surface area contributed by atoms with Gasteiger partial charge in [-0.1, -0.05) is 0 Å². The zero-order valence-corrected chi connectivity index (χ0v) is 11.8. The van der Waals surface area contributed by atoms with Crippen LogP contribution in [-0.2, 0) is 4.79 Å². The molecule has 3 N–H and O–H groups in total. The number of anilines is 1. The Labute approximate surface area is 113 Å². The molecule has 1 aromatic carbocycles. The normalized spacial score (nSPS) is 10.9. The molecule has 0 spiro atoms. The van der Waals surface area contributed by atoms with Crippen LogP contribution in [0.15, 0.2) is 24.3 Å². The van der Waals surface area contributed by atoms with Crippen molar-refractivity contribution in [1.29, 1.82) is 0 Å². The highest BCUT2D eigenvalue weighted by atomic mass is 16.2. The fraction of sp³-hybridized carbons (Fsp3) is 0.429. The third-order valence-corrected chi connectivity index (χ3v) is 2.44. The Kier molecular flexibility index (Phi) is 5.06. The Balaban J connectivity index is 2.54. The Bertz CT molecular complexity index is 447. The molecule has 0 aliphatic carbocycles. The van der Waals surface area contributed by atoms with Gasteiger partial charge in [0, 0.05) is 23.8 Å². The van der Waals surface area contributed by atoms with Crippen molar-refractivity contribution in [3.05, 3.63) is 29.8 Å². The van der Waals surface area contributed by atoms with Gasteiger partial charge in [0.15, 0.2) is 0 Å². The van der Waals surface area contributed by atoms with E-state index in [1.165, 1.54) is 0 Å². The Morgan fingerprint density at radius 2 is 1.68 bits per heavy atom. The molecule has 104 valence electrons. The smallest absolute Gasteiger partial charge is 0.251 e. The number of nitrogens with one attached hydrogen (secondary N) is 3. The van der Waals surface area contributed by atoms with E-state index in [4.69, 9.17) is 0 Å². The van der Waals surface area contributed by atoms with Gasteiger partial charge in [0.1, 0.15) is 0 Å². The van der Waals surface area contributed by atoms with Crippen molar-refractivity contribution in [1.82, 2.24) is 10.6 Å². The first-order chi connectivity index (χ1) is 8.81. The molecule has 5 nitrogen and oxygen atoms in total. The first kappa shape index (κ1) is 15.2. The van der Waals surface area contributed by atoms with Crippen LogP contribution >= 0.6 is 0 Å². The lowest BCUT2D eigenvalue weighted by molar-refractivity contribution is -0.115. The first-order valence-electron chi connectivity index (χ1n) is 6.19. The van der Waals surface area contributed by atoms with Crippen LogP contribution < -0.4 is 16.0 Å². The number of carbonyl (C=O) groups excluding carboxylic acids is 2. The Hall–Kier alpha value is -1.88. The van der Waals surface area contributed by atoms with Gasteiger partial charge in [0.05, 0.1) is 6.54 Å². The van der Waals surface area contributed by atoms with E-state index >= 15 is 0 Å². The van der Waals surface area contributed by atoms with E-state index in [2.05, 4.69) is 16.0 Å². The summed E-state index contributed by atoms with van der Waals surface area (Å²) < 4.78 is 0. The summed E-state index contributed by atoms with van der Waals surface area (Å²) in [5, 5.41) is 8.41. The SMILES string of the molecule is CNC(=O)c1ccc(NC(=O)CNC(C)(C)C)cc1. The predicted molar refractivity (Wildman–Crippen MR) is 76.2 cm³/mol. The highest BCUT2D eigenvalue weighted by molar-refractivity contribution is 5.96. The number of hydrogen-bond donors (Lipinski definition) is 3. The minimum atomic E-state index is -0.146. The highest BCUT2D eigenvalue weighted by Crippen LogP contribution is 2.09. The van der Waals surface area contributed by atoms with Gasteiger partial charge in [-0.25, -0.2) is 0 Å². The second kappa shape index (κ2) is 6.33. The lowest BCUT2D eigenvalue weighted by atomic mass is 10.1. The van der Waals surface area contributed by atoms with Crippen LogP contribution in [0.2, 0.25) is 0 Å². The van der Waals surface area contributed by atoms with E-state index in [0.717, 1.165) is 0 Å². The topological polar surface area (TPSA) is 70.2 Å². The van der Waals surface area contributed by atoms with E-state index in [9.17, 15) is 9.59 Å². The van der Waals surface area contributed by atoms with Crippen LogP contribution in [0.4, 0.5) is 5.69 Å². The Morgan fingerprint density at radius 1 is 1.11 bits per heavy atom. The molecule has 0 bridgehead atoms. The van der Waals surface area contributed by atoms with Crippen molar-refractivity contribution in [2.75, 3.05) is 18.9 Å². The highest BCUT2D eigenvalue weighted by Gasteiger charge is 2.11. The van der Waals surface area contributed by atoms with Crippen LogP contribution in [0.1, 0.15) is 31.1 Å². The summed E-state index contributed by atoms with van der Waals surface area (Å²) in [6.45, 7) is 6.25. The van der Waals surface area contributed by atoms with Crippen molar-refractivity contribution in [2.45, 2.75) is 26.3 Å². The summed E-state index contributed by atoms with van der Waals surface area (Å²) in [5.74, 6) is -0.255. The fourth-order valence-corrected chi connectivity index (χ4v) is 1.40. The average molecular weight is 263 g/mol. The summed E-state index contributed by atoms with van der Waals surface area (Å²) in [6, 6.07) is 6.76. The minimum absolute atomic E-state index is 0.0968. The molecular formula is C14H21N3O2.